The maximum Gasteiger partial charge on any atom is 0.313 e. The van der Waals surface area contributed by atoms with E-state index in [1.165, 1.54) is 6.20 Å². The van der Waals surface area contributed by atoms with Gasteiger partial charge in [0.15, 0.2) is 0 Å². The Hall–Kier alpha value is -2.39. The Morgan fingerprint density at radius 3 is 2.73 bits per heavy atom. The van der Waals surface area contributed by atoms with Crippen LogP contribution in [0.5, 0.6) is 0 Å². The Kier molecular flexibility index (Phi) is 6.52. The lowest BCUT2D eigenvalue weighted by atomic mass is 10.1. The van der Waals surface area contributed by atoms with Crippen molar-refractivity contribution in [2.75, 3.05) is 25.0 Å². The van der Waals surface area contributed by atoms with E-state index >= 15 is 0 Å². The molecular formula is C19H25Cl2N6O3+. The summed E-state index contributed by atoms with van der Waals surface area (Å²) in [5, 5.41) is 11.6. The number of likely N-dealkylation sites (tertiary alicyclic amines) is 1. The van der Waals surface area contributed by atoms with Gasteiger partial charge in [0.2, 0.25) is 11.8 Å². The van der Waals surface area contributed by atoms with Gasteiger partial charge in [0.25, 0.3) is 5.71 Å². The quantitative estimate of drug-likeness (QED) is 0.297. The fourth-order valence-corrected chi connectivity index (χ4v) is 4.11. The van der Waals surface area contributed by atoms with Gasteiger partial charge in [-0.1, -0.05) is 0 Å². The molecule has 1 aromatic heterocycles. The molecule has 1 aromatic rings. The highest BCUT2D eigenvalue weighted by Gasteiger charge is 2.51. The minimum absolute atomic E-state index is 0.0379. The Morgan fingerprint density at radius 1 is 1.40 bits per heavy atom. The van der Waals surface area contributed by atoms with Crippen molar-refractivity contribution >= 4 is 52.3 Å². The lowest BCUT2D eigenvalue weighted by Crippen LogP contribution is -2.49. The van der Waals surface area contributed by atoms with Crippen molar-refractivity contribution in [3.63, 3.8) is 0 Å². The number of nitrogens with two attached hydrogens (primary N) is 2. The smallest absolute Gasteiger partial charge is 0.313 e. The van der Waals surface area contributed by atoms with Crippen LogP contribution in [0.3, 0.4) is 0 Å². The molecule has 0 unspecified atom stereocenters. The number of hydrogen-bond donors (Lipinski definition) is 4. The van der Waals surface area contributed by atoms with Crippen LogP contribution in [0.4, 0.5) is 5.69 Å². The third-order valence-electron chi connectivity index (χ3n) is 5.47. The highest BCUT2D eigenvalue weighted by atomic mass is 35.5. The summed E-state index contributed by atoms with van der Waals surface area (Å²) >= 11 is 12.0. The molecule has 0 radical (unpaired) electrons. The lowest BCUT2D eigenvalue weighted by molar-refractivity contribution is -0.137. The summed E-state index contributed by atoms with van der Waals surface area (Å²) in [5.74, 6) is -1.17. The van der Waals surface area contributed by atoms with E-state index in [2.05, 4.69) is 15.6 Å². The summed E-state index contributed by atoms with van der Waals surface area (Å²) in [5.41, 5.74) is 6.56. The molecule has 2 heterocycles. The molecule has 1 saturated heterocycles. The average molecular weight is 456 g/mol. The van der Waals surface area contributed by atoms with Gasteiger partial charge in [0.05, 0.1) is 23.5 Å². The second-order valence-corrected chi connectivity index (χ2v) is 9.15. The second kappa shape index (κ2) is 8.77. The summed E-state index contributed by atoms with van der Waals surface area (Å²) in [7, 11) is 0. The van der Waals surface area contributed by atoms with Crippen molar-refractivity contribution in [2.45, 2.75) is 36.6 Å². The molecule has 2 aliphatic rings. The SMILES string of the molecule is Cc1nccc(C(=[NH2+])C(N)=O)c1NCC(=O)N1CCC[C@H]1C(=O)NC[C@H]1CC1(Cl)Cl. The van der Waals surface area contributed by atoms with Gasteiger partial charge >= 0.3 is 5.91 Å². The first-order chi connectivity index (χ1) is 14.1. The third-order valence-corrected chi connectivity index (χ3v) is 6.39. The molecule has 1 aliphatic heterocycles. The monoisotopic (exact) mass is 455 g/mol. The van der Waals surface area contributed by atoms with Crippen LogP contribution in [0.2, 0.25) is 0 Å². The molecule has 6 N–H and O–H groups in total. The van der Waals surface area contributed by atoms with Crippen molar-refractivity contribution in [3.05, 3.63) is 23.5 Å². The van der Waals surface area contributed by atoms with E-state index in [0.717, 1.165) is 6.42 Å². The molecule has 0 bridgehead atoms. The fraction of sp³-hybridized carbons (Fsp3) is 0.526. The number of alkyl halides is 2. The van der Waals surface area contributed by atoms with Crippen LogP contribution in [-0.2, 0) is 14.4 Å². The van der Waals surface area contributed by atoms with Crippen molar-refractivity contribution in [1.29, 1.82) is 0 Å². The zero-order valence-corrected chi connectivity index (χ0v) is 18.1. The van der Waals surface area contributed by atoms with Crippen molar-refractivity contribution in [1.82, 2.24) is 15.2 Å². The van der Waals surface area contributed by atoms with E-state index in [1.807, 2.05) is 0 Å². The van der Waals surface area contributed by atoms with E-state index in [1.54, 1.807) is 17.9 Å². The highest BCUT2D eigenvalue weighted by molar-refractivity contribution is 6.50. The van der Waals surface area contributed by atoms with Crippen LogP contribution in [0.1, 0.15) is 30.5 Å². The highest BCUT2D eigenvalue weighted by Crippen LogP contribution is 2.52. The number of nitrogens with zero attached hydrogens (tertiary/aromatic N) is 2. The average Bonchev–Trinajstić information content (AvgIpc) is 3.07. The maximum atomic E-state index is 12.8. The molecule has 2 fully saturated rings. The zero-order chi connectivity index (χ0) is 22.1. The van der Waals surface area contributed by atoms with E-state index < -0.39 is 16.3 Å². The van der Waals surface area contributed by atoms with Crippen LogP contribution < -0.4 is 21.8 Å². The number of carbonyl (C=O) groups excluding carboxylic acids is 3. The number of aromatic nitrogens is 1. The molecule has 3 amide bonds. The Balaban J connectivity index is 1.61. The number of aryl methyl sites for hydroxylation is 1. The molecule has 30 heavy (non-hydrogen) atoms. The predicted molar refractivity (Wildman–Crippen MR) is 113 cm³/mol. The number of halogens is 2. The number of hydrogen-bond acceptors (Lipinski definition) is 5. The summed E-state index contributed by atoms with van der Waals surface area (Å²) in [4.78, 5) is 42.5. The molecule has 1 saturated carbocycles. The molecule has 11 heteroatoms. The molecular weight excluding hydrogens is 431 g/mol. The molecule has 162 valence electrons. The summed E-state index contributed by atoms with van der Waals surface area (Å²) in [6, 6.07) is 1.02. The molecule has 0 spiro atoms. The number of carbonyl (C=O) groups is 3. The van der Waals surface area contributed by atoms with Gasteiger partial charge in [-0.2, -0.15) is 0 Å². The number of nitrogens with one attached hydrogen (secondary N) is 2. The minimum atomic E-state index is -0.764. The Labute approximate surface area is 184 Å². The summed E-state index contributed by atoms with van der Waals surface area (Å²) in [6.45, 7) is 2.53. The van der Waals surface area contributed by atoms with Gasteiger partial charge < -0.3 is 21.3 Å². The van der Waals surface area contributed by atoms with Crippen molar-refractivity contribution < 1.29 is 19.8 Å². The van der Waals surface area contributed by atoms with E-state index in [0.29, 0.717) is 42.9 Å². The number of primary amides is 1. The molecule has 2 atom stereocenters. The summed E-state index contributed by atoms with van der Waals surface area (Å²) in [6.07, 6.45) is 3.48. The predicted octanol–water partition coefficient (Wildman–Crippen LogP) is -0.864. The van der Waals surface area contributed by atoms with Crippen LogP contribution in [0.15, 0.2) is 12.3 Å². The fourth-order valence-electron chi connectivity index (χ4n) is 3.58. The third kappa shape index (κ3) is 4.84. The molecule has 3 rings (SSSR count). The lowest BCUT2D eigenvalue weighted by Gasteiger charge is -2.24. The van der Waals surface area contributed by atoms with Gasteiger partial charge in [0.1, 0.15) is 10.4 Å². The standard InChI is InChI=1S/C19H24Cl2N6O3/c1-10-16(12(4-5-24-10)15(22)17(23)29)25-9-14(28)27-6-2-3-13(27)18(30)26-8-11-7-19(11,20)21/h4-5,11,13,22,25H,2-3,6-9H2,1H3,(H2,23,29)(H,26,30)/p+1/t11-,13+/m1/s1. The van der Waals surface area contributed by atoms with Gasteiger partial charge in [0, 0.05) is 25.2 Å². The largest absolute Gasteiger partial charge is 0.374 e. The second-order valence-electron chi connectivity index (χ2n) is 7.60. The van der Waals surface area contributed by atoms with Crippen LogP contribution in [-0.4, -0.2) is 63.3 Å². The molecule has 9 nitrogen and oxygen atoms in total. The zero-order valence-electron chi connectivity index (χ0n) is 16.6. The Morgan fingerprint density at radius 2 is 2.10 bits per heavy atom. The van der Waals surface area contributed by atoms with Gasteiger partial charge in [-0.05, 0) is 32.3 Å². The molecule has 0 aromatic carbocycles. The topological polar surface area (TPSA) is 143 Å². The number of pyridine rings is 1. The van der Waals surface area contributed by atoms with Crippen molar-refractivity contribution in [2.24, 2.45) is 11.7 Å². The van der Waals surface area contributed by atoms with Gasteiger partial charge in [-0.15, -0.1) is 23.2 Å². The molecule has 1 aliphatic carbocycles. The van der Waals surface area contributed by atoms with Crippen LogP contribution in [0, 0.1) is 12.8 Å². The first-order valence-electron chi connectivity index (χ1n) is 9.69. The minimum Gasteiger partial charge on any atom is -0.374 e. The van der Waals surface area contributed by atoms with Crippen LogP contribution >= 0.6 is 23.2 Å². The van der Waals surface area contributed by atoms with E-state index in [-0.39, 0.29) is 30.0 Å². The maximum absolute atomic E-state index is 12.8. The van der Waals surface area contributed by atoms with E-state index in [4.69, 9.17) is 34.3 Å². The van der Waals surface area contributed by atoms with Gasteiger partial charge in [-0.3, -0.25) is 19.4 Å². The van der Waals surface area contributed by atoms with E-state index in [9.17, 15) is 14.4 Å². The normalized spacial score (nSPS) is 21.8. The first-order valence-corrected chi connectivity index (χ1v) is 10.4. The first kappa shape index (κ1) is 22.3. The summed E-state index contributed by atoms with van der Waals surface area (Å²) < 4.78 is -0.758. The number of amides is 3. The Bertz CT molecular complexity index is 891. The van der Waals surface area contributed by atoms with Crippen molar-refractivity contribution in [3.8, 4) is 0 Å². The number of rotatable bonds is 8. The van der Waals surface area contributed by atoms with Crippen LogP contribution in [0.25, 0.3) is 0 Å². The number of anilines is 1. The van der Waals surface area contributed by atoms with Gasteiger partial charge in [-0.25, -0.2) is 5.41 Å².